The summed E-state index contributed by atoms with van der Waals surface area (Å²) < 4.78 is 204. The first kappa shape index (κ1) is 42.8. The van der Waals surface area contributed by atoms with Crippen LogP contribution in [0.1, 0.15) is 12.8 Å². The van der Waals surface area contributed by atoms with Gasteiger partial charge in [0.25, 0.3) is 0 Å². The number of hydrogen-bond donors (Lipinski definition) is 6. The summed E-state index contributed by atoms with van der Waals surface area (Å²) in [6, 6.07) is -4.08. The number of allylic oxidation sites excluding steroid dienone is 1. The number of thioether (sulfide) groups is 1. The van der Waals surface area contributed by atoms with Crippen molar-refractivity contribution in [3.8, 4) is 0 Å². The number of aliphatic hydroxyl groups excluding tert-OH is 1. The topological polar surface area (TPSA) is 179 Å². The molecule has 0 saturated carbocycles. The molecule has 0 fully saturated rings. The molecule has 0 aliphatic carbocycles. The van der Waals surface area contributed by atoms with Crippen molar-refractivity contribution in [3.05, 3.63) is 11.0 Å². The van der Waals surface area contributed by atoms with E-state index in [-0.39, 0.29) is 0 Å². The zero-order chi connectivity index (χ0) is 36.9. The van der Waals surface area contributed by atoms with E-state index in [0.717, 1.165) is 0 Å². The number of amides is 2. The van der Waals surface area contributed by atoms with Gasteiger partial charge in [-0.2, -0.15) is 65.9 Å². The highest BCUT2D eigenvalue weighted by Gasteiger charge is 2.93. The SMILES string of the molecule is N[C@@H](CCC(=O)N[C@@H](CS/C(=C\CO)C(F)(F)C(F)(F)C(F)(F)C(F)(F)C(F)(F)C(F)(F)C(F)(F)F)C(=O)NCC(=O)O)C(=O)O. The van der Waals surface area contributed by atoms with E-state index in [9.17, 15) is 85.0 Å². The Balaban J connectivity index is 6.58. The molecule has 268 valence electrons. The molecule has 0 aromatic heterocycles. The highest BCUT2D eigenvalue weighted by molar-refractivity contribution is 8.03. The largest absolute Gasteiger partial charge is 0.480 e. The molecule has 0 radical (unpaired) electrons. The molecule has 0 unspecified atom stereocenters. The van der Waals surface area contributed by atoms with Crippen molar-refractivity contribution in [1.82, 2.24) is 10.6 Å². The summed E-state index contributed by atoms with van der Waals surface area (Å²) in [5.74, 6) is -56.7. The van der Waals surface area contributed by atoms with Crippen LogP contribution in [0.4, 0.5) is 65.9 Å². The van der Waals surface area contributed by atoms with Crippen LogP contribution in [-0.2, 0) is 19.2 Å². The van der Waals surface area contributed by atoms with Crippen LogP contribution >= 0.6 is 11.8 Å². The first-order valence-electron chi connectivity index (χ1n) is 11.4. The van der Waals surface area contributed by atoms with E-state index in [1.165, 1.54) is 5.32 Å². The van der Waals surface area contributed by atoms with Gasteiger partial charge in [-0.3, -0.25) is 19.2 Å². The van der Waals surface area contributed by atoms with Crippen LogP contribution in [0.3, 0.4) is 0 Å². The highest BCUT2D eigenvalue weighted by Crippen LogP contribution is 2.63. The number of carboxylic acid groups (broad SMARTS) is 2. The number of nitrogens with one attached hydrogen (secondary N) is 2. The lowest BCUT2D eigenvalue weighted by Gasteiger charge is -2.41. The van der Waals surface area contributed by atoms with Gasteiger partial charge in [-0.1, -0.05) is 0 Å². The third-order valence-electron chi connectivity index (χ3n) is 5.38. The number of carbonyl (C=O) groups is 4. The van der Waals surface area contributed by atoms with Gasteiger partial charge >= 0.3 is 53.7 Å². The molecule has 2 amide bonds. The van der Waals surface area contributed by atoms with Gasteiger partial charge in [-0.05, 0) is 12.5 Å². The van der Waals surface area contributed by atoms with Crippen molar-refractivity contribution in [1.29, 1.82) is 0 Å². The molecule has 0 aromatic rings. The smallest absolute Gasteiger partial charge is 0.460 e. The quantitative estimate of drug-likeness (QED) is 0.116. The van der Waals surface area contributed by atoms with Gasteiger partial charge in [-0.15, -0.1) is 11.8 Å². The van der Waals surface area contributed by atoms with Crippen LogP contribution in [-0.4, -0.2) is 112 Å². The molecule has 0 aliphatic rings. The number of aliphatic hydroxyl groups is 1. The van der Waals surface area contributed by atoms with Crippen molar-refractivity contribution in [2.24, 2.45) is 5.73 Å². The molecule has 0 spiro atoms. The van der Waals surface area contributed by atoms with E-state index >= 15 is 0 Å². The Morgan fingerprint density at radius 1 is 0.761 bits per heavy atom. The zero-order valence-electron chi connectivity index (χ0n) is 21.9. The Hall–Kier alpha value is -3.16. The first-order valence-corrected chi connectivity index (χ1v) is 12.4. The van der Waals surface area contributed by atoms with Gasteiger partial charge in [-0.25, -0.2) is 0 Å². The van der Waals surface area contributed by atoms with E-state index in [1.807, 2.05) is 0 Å². The van der Waals surface area contributed by atoms with E-state index < -0.39 is 132 Å². The minimum absolute atomic E-state index is 0.588. The van der Waals surface area contributed by atoms with Gasteiger partial charge in [0, 0.05) is 12.2 Å². The van der Waals surface area contributed by atoms with E-state index in [1.54, 1.807) is 5.32 Å². The number of aliphatic carboxylic acids is 2. The minimum atomic E-state index is -8.58. The number of carboxylic acids is 2. The Labute approximate surface area is 249 Å². The zero-order valence-corrected chi connectivity index (χ0v) is 22.7. The van der Waals surface area contributed by atoms with Crippen molar-refractivity contribution in [2.45, 2.75) is 66.6 Å². The van der Waals surface area contributed by atoms with Gasteiger partial charge in [0.15, 0.2) is 0 Å². The van der Waals surface area contributed by atoms with Crippen molar-refractivity contribution >= 4 is 35.5 Å². The van der Waals surface area contributed by atoms with Crippen molar-refractivity contribution in [2.75, 3.05) is 18.9 Å². The van der Waals surface area contributed by atoms with E-state index in [4.69, 9.17) is 21.1 Å². The molecule has 0 heterocycles. The van der Waals surface area contributed by atoms with Crippen molar-refractivity contribution in [3.63, 3.8) is 0 Å². The van der Waals surface area contributed by atoms with Crippen LogP contribution in [0.5, 0.6) is 0 Å². The summed E-state index contributed by atoms with van der Waals surface area (Å²) in [6.45, 7) is -3.18. The predicted octanol–water partition coefficient (Wildman–Crippen LogP) is 2.85. The molecule has 0 bridgehead atoms. The molecule has 2 atom stereocenters. The molecule has 46 heavy (non-hydrogen) atoms. The minimum Gasteiger partial charge on any atom is -0.480 e. The summed E-state index contributed by atoms with van der Waals surface area (Å²) >= 11 is -0.999. The van der Waals surface area contributed by atoms with Crippen molar-refractivity contribution < 1.29 is 100 Å². The molecule has 0 aromatic carbocycles. The fraction of sp³-hybridized carbons (Fsp3) is 0.700. The molecule has 7 N–H and O–H groups in total. The predicted molar refractivity (Wildman–Crippen MR) is 121 cm³/mol. The molecule has 0 aliphatic heterocycles. The molecular formula is C20H20F15N3O7S. The lowest BCUT2D eigenvalue weighted by molar-refractivity contribution is -0.449. The second-order valence-corrected chi connectivity index (χ2v) is 9.78. The highest BCUT2D eigenvalue weighted by atomic mass is 32.2. The first-order chi connectivity index (χ1) is 20.4. The number of alkyl halides is 15. The average molecular weight is 731 g/mol. The second-order valence-electron chi connectivity index (χ2n) is 8.72. The summed E-state index contributed by atoms with van der Waals surface area (Å²) in [5, 5.41) is 29.3. The number of nitrogens with two attached hydrogens (primary N) is 1. The summed E-state index contributed by atoms with van der Waals surface area (Å²) in [5.41, 5.74) is 5.12. The van der Waals surface area contributed by atoms with Gasteiger partial charge < -0.3 is 31.7 Å². The fourth-order valence-electron chi connectivity index (χ4n) is 2.80. The summed E-state index contributed by atoms with van der Waals surface area (Å²) in [7, 11) is 0. The molecule has 0 saturated heterocycles. The monoisotopic (exact) mass is 731 g/mol. The summed E-state index contributed by atoms with van der Waals surface area (Å²) in [4.78, 5) is 42.9. The maximum atomic E-state index is 14.7. The Kier molecular flexibility index (Phi) is 13.7. The normalized spacial score (nSPS) is 15.6. The van der Waals surface area contributed by atoms with Gasteiger partial charge in [0.2, 0.25) is 11.8 Å². The third kappa shape index (κ3) is 8.60. The van der Waals surface area contributed by atoms with Crippen LogP contribution in [0, 0.1) is 0 Å². The Morgan fingerprint density at radius 3 is 1.63 bits per heavy atom. The fourth-order valence-corrected chi connectivity index (χ4v) is 3.88. The van der Waals surface area contributed by atoms with Crippen LogP contribution in [0.25, 0.3) is 0 Å². The standard InChI is InChI=1S/C20H20F15N3O7S/c21-14(22,15(23,24)16(25,26)17(27,28)18(29,30)19(31,32)20(33,34)35)9(3-4-39)46-6-8(12(43)37-5-11(41)42)38-10(40)2-1-7(36)13(44)45/h3,7-8,39H,1-2,4-6,36H2,(H,37,43)(H,38,40)(H,41,42)(H,44,45)/b9-3-/t7-,8-/m0/s1. The number of carbonyl (C=O) groups excluding carboxylic acids is 2. The number of rotatable bonds is 18. The Bertz CT molecular complexity index is 1170. The van der Waals surface area contributed by atoms with Crippen LogP contribution in [0.2, 0.25) is 0 Å². The number of hydrogen-bond acceptors (Lipinski definition) is 7. The number of halogens is 15. The second kappa shape index (κ2) is 14.7. The Morgan fingerprint density at radius 2 is 1.22 bits per heavy atom. The lowest BCUT2D eigenvalue weighted by Crippen LogP contribution is -2.72. The van der Waals surface area contributed by atoms with Crippen LogP contribution < -0.4 is 16.4 Å². The maximum absolute atomic E-state index is 14.7. The molecule has 26 heteroatoms. The average Bonchev–Trinajstić information content (AvgIpc) is 2.90. The summed E-state index contributed by atoms with van der Waals surface area (Å²) in [6.07, 6.45) is -9.95. The van der Waals surface area contributed by atoms with E-state index in [2.05, 4.69) is 0 Å². The molecule has 10 nitrogen and oxygen atoms in total. The molecular weight excluding hydrogens is 711 g/mol. The third-order valence-corrected chi connectivity index (χ3v) is 6.62. The van der Waals surface area contributed by atoms with Gasteiger partial charge in [0.1, 0.15) is 18.6 Å². The van der Waals surface area contributed by atoms with E-state index in [0.29, 0.717) is 0 Å². The molecule has 0 rings (SSSR count). The van der Waals surface area contributed by atoms with Gasteiger partial charge in [0.05, 0.1) is 11.5 Å². The van der Waals surface area contributed by atoms with Crippen LogP contribution in [0.15, 0.2) is 11.0 Å². The lowest BCUT2D eigenvalue weighted by atomic mass is 9.91. The maximum Gasteiger partial charge on any atom is 0.460 e.